The van der Waals surface area contributed by atoms with E-state index in [9.17, 15) is 13.6 Å². The smallest absolute Gasteiger partial charge is 0.222 e. The van der Waals surface area contributed by atoms with Crippen LogP contribution in [0.2, 0.25) is 0 Å². The van der Waals surface area contributed by atoms with Crippen LogP contribution in [-0.4, -0.2) is 49.5 Å². The maximum Gasteiger partial charge on any atom is 0.222 e. The molecule has 1 unspecified atom stereocenters. The van der Waals surface area contributed by atoms with Crippen molar-refractivity contribution in [1.82, 2.24) is 15.5 Å². The zero-order valence-corrected chi connectivity index (χ0v) is 16.8. The van der Waals surface area contributed by atoms with E-state index >= 15 is 0 Å². The van der Waals surface area contributed by atoms with E-state index in [-0.39, 0.29) is 47.9 Å². The molecule has 5 nitrogen and oxygen atoms in total. The van der Waals surface area contributed by atoms with Gasteiger partial charge in [0.2, 0.25) is 5.91 Å². The van der Waals surface area contributed by atoms with Gasteiger partial charge in [0.05, 0.1) is 0 Å². The Morgan fingerprint density at radius 2 is 2.04 bits per heavy atom. The SMILES string of the molecule is CCC(=O)N1CCC(NC(=NC)NCCc2c(F)cccc2F)C1.I. The fourth-order valence-corrected chi connectivity index (χ4v) is 2.79. The highest BCUT2D eigenvalue weighted by molar-refractivity contribution is 14.0. The van der Waals surface area contributed by atoms with Crippen LogP contribution >= 0.6 is 24.0 Å². The fourth-order valence-electron chi connectivity index (χ4n) is 2.79. The van der Waals surface area contributed by atoms with Crippen LogP contribution in [0.4, 0.5) is 8.78 Å². The van der Waals surface area contributed by atoms with E-state index in [4.69, 9.17) is 0 Å². The van der Waals surface area contributed by atoms with Gasteiger partial charge >= 0.3 is 0 Å². The number of hydrogen-bond acceptors (Lipinski definition) is 2. The molecule has 2 rings (SSSR count). The number of nitrogens with one attached hydrogen (secondary N) is 2. The highest BCUT2D eigenvalue weighted by Crippen LogP contribution is 2.12. The van der Waals surface area contributed by atoms with Gasteiger partial charge in [-0.3, -0.25) is 9.79 Å². The quantitative estimate of drug-likeness (QED) is 0.398. The Morgan fingerprint density at radius 1 is 1.36 bits per heavy atom. The molecule has 0 radical (unpaired) electrons. The number of aliphatic imine (C=N–C) groups is 1. The van der Waals surface area contributed by atoms with E-state index < -0.39 is 11.6 Å². The summed E-state index contributed by atoms with van der Waals surface area (Å²) in [6.07, 6.45) is 1.59. The van der Waals surface area contributed by atoms with E-state index in [2.05, 4.69) is 15.6 Å². The van der Waals surface area contributed by atoms with Gasteiger partial charge in [0.25, 0.3) is 0 Å². The summed E-state index contributed by atoms with van der Waals surface area (Å²) in [7, 11) is 1.64. The van der Waals surface area contributed by atoms with Crippen molar-refractivity contribution in [3.63, 3.8) is 0 Å². The summed E-state index contributed by atoms with van der Waals surface area (Å²) in [6, 6.07) is 4.00. The largest absolute Gasteiger partial charge is 0.356 e. The summed E-state index contributed by atoms with van der Waals surface area (Å²) < 4.78 is 27.2. The van der Waals surface area contributed by atoms with Crippen molar-refractivity contribution >= 4 is 35.8 Å². The molecule has 2 N–H and O–H groups in total. The summed E-state index contributed by atoms with van der Waals surface area (Å²) in [5, 5.41) is 6.31. The first-order valence-corrected chi connectivity index (χ1v) is 8.23. The monoisotopic (exact) mass is 466 g/mol. The molecule has 0 saturated carbocycles. The van der Waals surface area contributed by atoms with Crippen LogP contribution in [0.5, 0.6) is 0 Å². The molecular formula is C17H25F2IN4O. The molecule has 1 heterocycles. The molecule has 1 aliphatic rings. The van der Waals surface area contributed by atoms with Crippen molar-refractivity contribution in [2.75, 3.05) is 26.7 Å². The van der Waals surface area contributed by atoms with Gasteiger partial charge < -0.3 is 15.5 Å². The summed E-state index contributed by atoms with van der Waals surface area (Å²) in [5.41, 5.74) is 0.0704. The van der Waals surface area contributed by atoms with Crippen LogP contribution in [0.1, 0.15) is 25.3 Å². The third kappa shape index (κ3) is 6.09. The van der Waals surface area contributed by atoms with Crippen molar-refractivity contribution < 1.29 is 13.6 Å². The Labute approximate surface area is 164 Å². The van der Waals surface area contributed by atoms with Crippen LogP contribution in [0.3, 0.4) is 0 Å². The average molecular weight is 466 g/mol. The minimum absolute atomic E-state index is 0. The van der Waals surface area contributed by atoms with Gasteiger partial charge in [0.15, 0.2) is 5.96 Å². The number of carbonyl (C=O) groups is 1. The predicted molar refractivity (Wildman–Crippen MR) is 105 cm³/mol. The lowest BCUT2D eigenvalue weighted by atomic mass is 10.1. The number of nitrogens with zero attached hydrogens (tertiary/aromatic N) is 2. The number of guanidine groups is 1. The van der Waals surface area contributed by atoms with Gasteiger partial charge in [-0.1, -0.05) is 13.0 Å². The first kappa shape index (κ1) is 21.6. The second-order valence-corrected chi connectivity index (χ2v) is 5.77. The minimum atomic E-state index is -0.538. The van der Waals surface area contributed by atoms with Crippen LogP contribution < -0.4 is 10.6 Å². The molecule has 1 aromatic carbocycles. The van der Waals surface area contributed by atoms with E-state index in [1.54, 1.807) is 7.05 Å². The molecule has 1 saturated heterocycles. The van der Waals surface area contributed by atoms with Crippen LogP contribution in [-0.2, 0) is 11.2 Å². The Morgan fingerprint density at radius 3 is 2.64 bits per heavy atom. The van der Waals surface area contributed by atoms with Crippen molar-refractivity contribution in [2.45, 2.75) is 32.2 Å². The van der Waals surface area contributed by atoms with Gasteiger partial charge in [-0.25, -0.2) is 8.78 Å². The molecule has 25 heavy (non-hydrogen) atoms. The molecular weight excluding hydrogens is 441 g/mol. The van der Waals surface area contributed by atoms with Gasteiger partial charge in [-0.2, -0.15) is 0 Å². The molecule has 8 heteroatoms. The lowest BCUT2D eigenvalue weighted by Gasteiger charge is -2.18. The Balaban J connectivity index is 0.00000312. The Hall–Kier alpha value is -1.45. The van der Waals surface area contributed by atoms with Gasteiger partial charge in [-0.05, 0) is 25.0 Å². The standard InChI is InChI=1S/C17H24F2N4O.HI/c1-3-16(24)23-10-8-12(11-23)22-17(20-2)21-9-7-13-14(18)5-4-6-15(13)19;/h4-6,12H,3,7-11H2,1-2H3,(H2,20,21,22);1H. The van der Waals surface area contributed by atoms with Crippen molar-refractivity contribution in [3.8, 4) is 0 Å². The molecule has 1 amide bonds. The number of likely N-dealkylation sites (tertiary alicyclic amines) is 1. The van der Waals surface area contributed by atoms with Crippen LogP contribution in [0, 0.1) is 11.6 Å². The number of benzene rings is 1. The molecule has 0 bridgehead atoms. The topological polar surface area (TPSA) is 56.7 Å². The highest BCUT2D eigenvalue weighted by Gasteiger charge is 2.25. The van der Waals surface area contributed by atoms with Gasteiger partial charge in [0, 0.05) is 44.7 Å². The molecule has 0 spiro atoms. The number of halogens is 3. The van der Waals surface area contributed by atoms with Crippen molar-refractivity contribution in [3.05, 3.63) is 35.4 Å². The fraction of sp³-hybridized carbons (Fsp3) is 0.529. The summed E-state index contributed by atoms with van der Waals surface area (Å²) in [5.74, 6) is -0.353. The summed E-state index contributed by atoms with van der Waals surface area (Å²) in [4.78, 5) is 17.6. The number of hydrogen-bond donors (Lipinski definition) is 2. The number of carbonyl (C=O) groups excluding carboxylic acids is 1. The molecule has 140 valence electrons. The highest BCUT2D eigenvalue weighted by atomic mass is 127. The lowest BCUT2D eigenvalue weighted by molar-refractivity contribution is -0.129. The van der Waals surface area contributed by atoms with E-state index in [0.717, 1.165) is 13.0 Å². The maximum absolute atomic E-state index is 13.6. The molecule has 1 aliphatic heterocycles. The lowest BCUT2D eigenvalue weighted by Crippen LogP contribution is -2.45. The maximum atomic E-state index is 13.6. The zero-order chi connectivity index (χ0) is 17.5. The predicted octanol–water partition coefficient (Wildman–Crippen LogP) is 2.30. The summed E-state index contributed by atoms with van der Waals surface area (Å²) >= 11 is 0. The van der Waals surface area contributed by atoms with Crippen LogP contribution in [0.15, 0.2) is 23.2 Å². The third-order valence-corrected chi connectivity index (χ3v) is 4.14. The number of rotatable bonds is 5. The second kappa shape index (κ2) is 10.5. The van der Waals surface area contributed by atoms with Gasteiger partial charge in [-0.15, -0.1) is 24.0 Å². The second-order valence-electron chi connectivity index (χ2n) is 5.77. The van der Waals surface area contributed by atoms with E-state index in [1.807, 2.05) is 11.8 Å². The minimum Gasteiger partial charge on any atom is -0.356 e. The molecule has 1 aromatic rings. The van der Waals surface area contributed by atoms with Crippen molar-refractivity contribution in [1.29, 1.82) is 0 Å². The van der Waals surface area contributed by atoms with Crippen molar-refractivity contribution in [2.24, 2.45) is 4.99 Å². The molecule has 1 fully saturated rings. The normalized spacial score (nSPS) is 17.2. The van der Waals surface area contributed by atoms with E-state index in [1.165, 1.54) is 18.2 Å². The Kier molecular flexibility index (Phi) is 9.09. The third-order valence-electron chi connectivity index (χ3n) is 4.14. The zero-order valence-electron chi connectivity index (χ0n) is 14.5. The van der Waals surface area contributed by atoms with Crippen LogP contribution in [0.25, 0.3) is 0 Å². The number of amides is 1. The molecule has 0 aromatic heterocycles. The summed E-state index contributed by atoms with van der Waals surface area (Å²) in [6.45, 7) is 3.60. The molecule has 0 aliphatic carbocycles. The Bertz CT molecular complexity index is 592. The van der Waals surface area contributed by atoms with E-state index in [0.29, 0.717) is 25.5 Å². The average Bonchev–Trinajstić information content (AvgIpc) is 3.04. The first-order chi connectivity index (χ1) is 11.5. The first-order valence-electron chi connectivity index (χ1n) is 8.23. The molecule has 1 atom stereocenters. The van der Waals surface area contributed by atoms with Gasteiger partial charge in [0.1, 0.15) is 11.6 Å².